The summed E-state index contributed by atoms with van der Waals surface area (Å²) in [7, 11) is 0. The summed E-state index contributed by atoms with van der Waals surface area (Å²) in [6.45, 7) is 6.13. The lowest BCUT2D eigenvalue weighted by atomic mass is 9.44. The molecule has 11 heteroatoms. The van der Waals surface area contributed by atoms with Crippen molar-refractivity contribution in [3.8, 4) is 0 Å². The Bertz CT molecular complexity index is 1110. The fraction of sp³-hybridized carbons (Fsp3) is 0.750. The second-order valence-corrected chi connectivity index (χ2v) is 12.4. The summed E-state index contributed by atoms with van der Waals surface area (Å²) in [6, 6.07) is 0. The van der Waals surface area contributed by atoms with Crippen molar-refractivity contribution in [2.45, 2.75) is 82.3 Å². The maximum Gasteiger partial charge on any atom is 0.335 e. The minimum absolute atomic E-state index is 0.00621. The molecule has 0 aromatic rings. The molecule has 214 valence electrons. The minimum Gasteiger partial charge on any atom is -0.463 e. The van der Waals surface area contributed by atoms with E-state index in [0.29, 0.717) is 19.6 Å². The lowest BCUT2D eigenvalue weighted by Gasteiger charge is -2.67. The van der Waals surface area contributed by atoms with Gasteiger partial charge in [0.1, 0.15) is 24.4 Å². The maximum atomic E-state index is 13.1. The van der Waals surface area contributed by atoms with Crippen LogP contribution in [0.4, 0.5) is 0 Å². The van der Waals surface area contributed by atoms with Crippen molar-refractivity contribution in [2.24, 2.45) is 22.2 Å². The monoisotopic (exact) mass is 548 g/mol. The van der Waals surface area contributed by atoms with Gasteiger partial charge in [0, 0.05) is 29.4 Å². The maximum absolute atomic E-state index is 13.1. The summed E-state index contributed by atoms with van der Waals surface area (Å²) < 4.78 is 35.5. The smallest absolute Gasteiger partial charge is 0.335 e. The van der Waals surface area contributed by atoms with Gasteiger partial charge < -0.3 is 38.6 Å². The molecule has 2 spiro atoms. The van der Waals surface area contributed by atoms with E-state index in [2.05, 4.69) is 0 Å². The molecule has 3 saturated heterocycles. The van der Waals surface area contributed by atoms with Crippen molar-refractivity contribution >= 4 is 17.9 Å². The van der Waals surface area contributed by atoms with Crippen molar-refractivity contribution in [3.05, 3.63) is 24.3 Å². The highest BCUT2D eigenvalue weighted by atomic mass is 16.7. The summed E-state index contributed by atoms with van der Waals surface area (Å²) >= 11 is 0. The van der Waals surface area contributed by atoms with Gasteiger partial charge in [-0.15, -0.1) is 0 Å². The van der Waals surface area contributed by atoms with Gasteiger partial charge in [0.2, 0.25) is 0 Å². The first-order valence-corrected chi connectivity index (χ1v) is 13.6. The summed E-state index contributed by atoms with van der Waals surface area (Å²) in [5, 5.41) is 22.0. The number of epoxide rings is 1. The number of carbonyl (C=O) groups excluding carboxylic acids is 3. The molecular formula is C28H36O11. The van der Waals surface area contributed by atoms with Crippen LogP contribution in [0.25, 0.3) is 0 Å². The van der Waals surface area contributed by atoms with Crippen LogP contribution in [0.5, 0.6) is 0 Å². The number of aliphatic hydroxyl groups excluding tert-OH is 2. The topological polar surface area (TPSA) is 150 Å². The highest BCUT2D eigenvalue weighted by Gasteiger charge is 2.85. The number of aliphatic hydroxyl groups is 2. The zero-order valence-electron chi connectivity index (χ0n) is 22.4. The molecule has 6 aliphatic rings. The number of carbonyl (C=O) groups is 3. The number of rotatable bonds is 0. The van der Waals surface area contributed by atoms with E-state index in [1.54, 1.807) is 6.92 Å². The van der Waals surface area contributed by atoms with Crippen LogP contribution in [0.2, 0.25) is 0 Å². The van der Waals surface area contributed by atoms with Gasteiger partial charge in [0.05, 0.1) is 43.5 Å². The average molecular weight is 549 g/mol. The van der Waals surface area contributed by atoms with Gasteiger partial charge in [-0.2, -0.15) is 0 Å². The van der Waals surface area contributed by atoms with E-state index in [0.717, 1.165) is 0 Å². The summed E-state index contributed by atoms with van der Waals surface area (Å²) in [5.74, 6) is -2.57. The van der Waals surface area contributed by atoms with Crippen molar-refractivity contribution < 1.29 is 53.0 Å². The van der Waals surface area contributed by atoms with E-state index >= 15 is 0 Å². The summed E-state index contributed by atoms with van der Waals surface area (Å²) in [4.78, 5) is 38.0. The van der Waals surface area contributed by atoms with Crippen molar-refractivity contribution in [3.63, 3.8) is 0 Å². The third-order valence-corrected chi connectivity index (χ3v) is 10.6. The molecule has 11 nitrogen and oxygen atoms in total. The molecule has 0 radical (unpaired) electrons. The first-order valence-electron chi connectivity index (χ1n) is 13.6. The molecule has 4 aliphatic heterocycles. The Morgan fingerprint density at radius 3 is 2.31 bits per heavy atom. The van der Waals surface area contributed by atoms with Gasteiger partial charge in [-0.05, 0) is 25.7 Å². The van der Waals surface area contributed by atoms with Crippen LogP contribution >= 0.6 is 0 Å². The molecule has 0 amide bonds. The van der Waals surface area contributed by atoms with Gasteiger partial charge in [0.25, 0.3) is 0 Å². The number of cyclic esters (lactones) is 2. The largest absolute Gasteiger partial charge is 0.463 e. The van der Waals surface area contributed by atoms with Gasteiger partial charge >= 0.3 is 17.9 Å². The Morgan fingerprint density at radius 1 is 0.897 bits per heavy atom. The predicted molar refractivity (Wildman–Crippen MR) is 131 cm³/mol. The molecule has 10 atom stereocenters. The third-order valence-electron chi connectivity index (χ3n) is 10.6. The second-order valence-electron chi connectivity index (χ2n) is 12.4. The molecule has 2 saturated carbocycles. The van der Waals surface area contributed by atoms with Crippen LogP contribution in [-0.2, 0) is 42.8 Å². The van der Waals surface area contributed by atoms with Crippen molar-refractivity contribution in [1.29, 1.82) is 0 Å². The van der Waals surface area contributed by atoms with Crippen molar-refractivity contribution in [1.82, 2.24) is 0 Å². The number of fused-ring (bicyclic) bond motifs is 2. The van der Waals surface area contributed by atoms with Crippen LogP contribution in [-0.4, -0.2) is 96.8 Å². The minimum atomic E-state index is -1.45. The molecule has 5 fully saturated rings. The molecule has 6 rings (SSSR count). The van der Waals surface area contributed by atoms with E-state index in [-0.39, 0.29) is 32.2 Å². The average Bonchev–Trinajstić information content (AvgIpc) is 3.52. The number of hydrogen-bond donors (Lipinski definition) is 2. The summed E-state index contributed by atoms with van der Waals surface area (Å²) in [6.07, 6.45) is 1.87. The predicted octanol–water partition coefficient (Wildman–Crippen LogP) is 0.600. The van der Waals surface area contributed by atoms with E-state index in [4.69, 9.17) is 28.4 Å². The van der Waals surface area contributed by atoms with Crippen LogP contribution in [0.1, 0.15) is 40.0 Å². The Morgan fingerprint density at radius 2 is 1.62 bits per heavy atom. The fourth-order valence-corrected chi connectivity index (χ4v) is 7.80. The molecule has 39 heavy (non-hydrogen) atoms. The Labute approximate surface area is 226 Å². The SMILES string of the molecule is C[C@@H]1CCOC(=O)/C=C/C=C\C(=O)O[C@@H]2C[C@H]3O[C@@H]4C5O[C@]5(C)[C@H](O)C[C@]4(COC(=O)[C@H]1O)[C@]2(C)C31COC1. The highest BCUT2D eigenvalue weighted by molar-refractivity contribution is 5.84. The molecule has 2 aliphatic carbocycles. The Kier molecular flexibility index (Phi) is 6.28. The third kappa shape index (κ3) is 3.70. The number of allylic oxidation sites excluding steroid dienone is 2. The second kappa shape index (κ2) is 9.10. The normalized spacial score (nSPS) is 50.6. The molecule has 0 aromatic heterocycles. The Balaban J connectivity index is 1.41. The van der Waals surface area contributed by atoms with Crippen LogP contribution in [0, 0.1) is 22.2 Å². The van der Waals surface area contributed by atoms with Gasteiger partial charge in [0.15, 0.2) is 6.10 Å². The van der Waals surface area contributed by atoms with Crippen molar-refractivity contribution in [2.75, 3.05) is 26.4 Å². The molecule has 1 unspecified atom stereocenters. The highest BCUT2D eigenvalue weighted by Crippen LogP contribution is 2.75. The van der Waals surface area contributed by atoms with Crippen LogP contribution < -0.4 is 0 Å². The zero-order chi connectivity index (χ0) is 27.8. The summed E-state index contributed by atoms with van der Waals surface area (Å²) in [5.41, 5.74) is -3.10. The molecular weight excluding hydrogens is 512 g/mol. The number of ether oxygens (including phenoxy) is 6. The van der Waals surface area contributed by atoms with E-state index in [1.807, 2.05) is 13.8 Å². The molecule has 0 aromatic carbocycles. The Hall–Kier alpha value is -2.31. The standard InChI is InChI=1S/C28H36O11/c1-15-8-9-35-19(30)6-4-5-7-20(31)37-17-10-18-28(12-34-13-28)26(17,3)27(14-36-24(33)21(15)32)11-16(29)25(2)22(39-25)23(27)38-18/h4-7,15-18,21-23,29,32H,8-14H2,1-3H3/b6-4+,7-5-/t15-,16-,17-,18-,21+,22?,23-,25-,26-,27-/m1/s1. The van der Waals surface area contributed by atoms with Gasteiger partial charge in [-0.3, -0.25) is 0 Å². The van der Waals surface area contributed by atoms with E-state index < -0.39 is 76.2 Å². The first-order chi connectivity index (χ1) is 18.5. The van der Waals surface area contributed by atoms with Gasteiger partial charge in [-0.25, -0.2) is 14.4 Å². The number of hydrogen-bond acceptors (Lipinski definition) is 11. The fourth-order valence-electron chi connectivity index (χ4n) is 7.80. The van der Waals surface area contributed by atoms with Crippen LogP contribution in [0.3, 0.4) is 0 Å². The molecule has 2 N–H and O–H groups in total. The van der Waals surface area contributed by atoms with Crippen LogP contribution in [0.15, 0.2) is 24.3 Å². The van der Waals surface area contributed by atoms with Gasteiger partial charge in [-0.1, -0.05) is 26.0 Å². The first kappa shape index (κ1) is 26.9. The lowest BCUT2D eigenvalue weighted by Crippen LogP contribution is -2.75. The number of esters is 3. The molecule has 2 bridgehead atoms. The quantitative estimate of drug-likeness (QED) is 0.249. The zero-order valence-corrected chi connectivity index (χ0v) is 22.4. The molecule has 4 heterocycles. The van der Waals surface area contributed by atoms with E-state index in [9.17, 15) is 24.6 Å². The lowest BCUT2D eigenvalue weighted by molar-refractivity contribution is -0.341. The van der Waals surface area contributed by atoms with E-state index in [1.165, 1.54) is 24.3 Å².